The molecule has 0 radical (unpaired) electrons. The Morgan fingerprint density at radius 2 is 1.85 bits per heavy atom. The first-order valence-corrected chi connectivity index (χ1v) is 13.2. The summed E-state index contributed by atoms with van der Waals surface area (Å²) in [5.41, 5.74) is -1.72. The van der Waals surface area contributed by atoms with E-state index < -0.39 is 28.6 Å². The molecule has 0 spiro atoms. The normalized spacial score (nSPS) is 44.4. The molecule has 8 heteroatoms. The number of thioether (sulfide) groups is 1. The molecule has 3 saturated carbocycles. The Labute approximate surface area is 199 Å². The summed E-state index contributed by atoms with van der Waals surface area (Å²) in [5, 5.41) is 32.6. The van der Waals surface area contributed by atoms with Crippen molar-refractivity contribution in [2.45, 2.75) is 77.1 Å². The van der Waals surface area contributed by atoms with Crippen LogP contribution in [-0.2, 0) is 19.1 Å². The number of hydrogen-bond acceptors (Lipinski definition) is 8. The lowest BCUT2D eigenvalue weighted by Crippen LogP contribution is -2.61. The summed E-state index contributed by atoms with van der Waals surface area (Å²) in [6.45, 7) is 6.03. The zero-order valence-electron chi connectivity index (χ0n) is 19.7. The van der Waals surface area contributed by atoms with Gasteiger partial charge in [-0.3, -0.25) is 14.4 Å². The van der Waals surface area contributed by atoms with E-state index in [2.05, 4.69) is 0 Å². The van der Waals surface area contributed by atoms with Crippen molar-refractivity contribution in [3.05, 3.63) is 11.6 Å². The van der Waals surface area contributed by atoms with Gasteiger partial charge >= 0.3 is 5.97 Å². The summed E-state index contributed by atoms with van der Waals surface area (Å²) in [7, 11) is 0. The molecule has 0 heterocycles. The number of ketones is 2. The fourth-order valence-electron chi connectivity index (χ4n) is 7.42. The van der Waals surface area contributed by atoms with Gasteiger partial charge in [0.25, 0.3) is 0 Å². The molecule has 33 heavy (non-hydrogen) atoms. The van der Waals surface area contributed by atoms with E-state index in [0.717, 1.165) is 12.0 Å². The molecule has 0 amide bonds. The first kappa shape index (κ1) is 24.9. The number of aliphatic hydroxyl groups excluding tert-OH is 2. The summed E-state index contributed by atoms with van der Waals surface area (Å²) in [4.78, 5) is 37.9. The molecule has 0 aliphatic heterocycles. The van der Waals surface area contributed by atoms with Gasteiger partial charge in [0.05, 0.1) is 35.9 Å². The molecule has 0 aromatic carbocycles. The summed E-state index contributed by atoms with van der Waals surface area (Å²) < 4.78 is 4.92. The van der Waals surface area contributed by atoms with Crippen molar-refractivity contribution in [3.63, 3.8) is 0 Å². The maximum atomic E-state index is 13.2. The van der Waals surface area contributed by atoms with Crippen molar-refractivity contribution >= 4 is 29.3 Å². The highest BCUT2D eigenvalue weighted by atomic mass is 32.2. The van der Waals surface area contributed by atoms with Crippen LogP contribution in [0.4, 0.5) is 0 Å². The Bertz CT molecular complexity index is 871. The van der Waals surface area contributed by atoms with E-state index in [0.29, 0.717) is 32.3 Å². The van der Waals surface area contributed by atoms with E-state index in [1.165, 1.54) is 11.8 Å². The number of aliphatic hydroxyl groups is 3. The highest BCUT2D eigenvalue weighted by molar-refractivity contribution is 8.00. The maximum Gasteiger partial charge on any atom is 0.315 e. The number of hydrogen-bond donors (Lipinski definition) is 3. The van der Waals surface area contributed by atoms with Gasteiger partial charge in [-0.25, -0.2) is 0 Å². The molecule has 3 N–H and O–H groups in total. The molecular weight excluding hydrogens is 444 g/mol. The first-order valence-electron chi connectivity index (χ1n) is 12.1. The third-order valence-electron chi connectivity index (χ3n) is 9.28. The number of esters is 1. The molecule has 8 unspecified atom stereocenters. The lowest BCUT2D eigenvalue weighted by molar-refractivity contribution is -0.153. The Balaban J connectivity index is 1.56. The second kappa shape index (κ2) is 8.77. The first-order chi connectivity index (χ1) is 15.5. The minimum atomic E-state index is -1.24. The molecular formula is C25H36O7S. The number of fused-ring (bicyclic) bond motifs is 5. The highest BCUT2D eigenvalue weighted by Gasteiger charge is 2.67. The molecule has 3 fully saturated rings. The van der Waals surface area contributed by atoms with Crippen LogP contribution in [0.25, 0.3) is 0 Å². The highest BCUT2D eigenvalue weighted by Crippen LogP contribution is 2.67. The maximum absolute atomic E-state index is 13.2. The molecule has 4 aliphatic rings. The second-order valence-corrected chi connectivity index (χ2v) is 11.8. The molecule has 184 valence electrons. The van der Waals surface area contributed by atoms with Gasteiger partial charge in [-0.05, 0) is 68.4 Å². The standard InChI is InChI=1S/C25H36O7S/c1-4-32-22(30)13-33-12-21(29)15-6-8-25(31)16-9-18(26)17-10-19(27)20(28)11-23(17,2)14(16)5-7-24(15,25)3/h9,14-15,17,19-20,27-28,31H,4-8,10-13H2,1-3H3. The summed E-state index contributed by atoms with van der Waals surface area (Å²) in [5.74, 6) is -0.833. The number of rotatable bonds is 6. The van der Waals surface area contributed by atoms with Crippen LogP contribution in [0.5, 0.6) is 0 Å². The van der Waals surface area contributed by atoms with Crippen LogP contribution in [0.3, 0.4) is 0 Å². The quantitative estimate of drug-likeness (QED) is 0.494. The van der Waals surface area contributed by atoms with Gasteiger partial charge in [0.15, 0.2) is 5.78 Å². The van der Waals surface area contributed by atoms with Crippen LogP contribution in [0.15, 0.2) is 11.6 Å². The van der Waals surface area contributed by atoms with E-state index in [4.69, 9.17) is 4.74 Å². The third-order valence-corrected chi connectivity index (χ3v) is 10.2. The number of allylic oxidation sites excluding steroid dienone is 1. The van der Waals surface area contributed by atoms with Crippen molar-refractivity contribution in [3.8, 4) is 0 Å². The van der Waals surface area contributed by atoms with Crippen molar-refractivity contribution in [2.75, 3.05) is 18.1 Å². The van der Waals surface area contributed by atoms with Gasteiger partial charge < -0.3 is 20.1 Å². The monoisotopic (exact) mass is 480 g/mol. The van der Waals surface area contributed by atoms with Crippen LogP contribution < -0.4 is 0 Å². The molecule has 8 atom stereocenters. The van der Waals surface area contributed by atoms with E-state index in [1.54, 1.807) is 13.0 Å². The summed E-state index contributed by atoms with van der Waals surface area (Å²) >= 11 is 1.25. The molecule has 4 rings (SSSR count). The van der Waals surface area contributed by atoms with Gasteiger partial charge in [0.1, 0.15) is 5.78 Å². The average Bonchev–Trinajstić information content (AvgIpc) is 3.02. The van der Waals surface area contributed by atoms with Gasteiger partial charge in [-0.15, -0.1) is 11.8 Å². The average molecular weight is 481 g/mol. The fraction of sp³-hybridized carbons (Fsp3) is 0.800. The van der Waals surface area contributed by atoms with Crippen LogP contribution in [-0.4, -0.2) is 68.8 Å². The largest absolute Gasteiger partial charge is 0.465 e. The zero-order chi connectivity index (χ0) is 24.2. The number of carbonyl (C=O) groups is 3. The van der Waals surface area contributed by atoms with Gasteiger partial charge in [-0.2, -0.15) is 0 Å². The van der Waals surface area contributed by atoms with E-state index >= 15 is 0 Å². The Hall–Kier alpha value is -1.22. The predicted octanol–water partition coefficient (Wildman–Crippen LogP) is 2.06. The lowest BCUT2D eigenvalue weighted by Gasteiger charge is -2.59. The van der Waals surface area contributed by atoms with Gasteiger partial charge in [-0.1, -0.05) is 13.8 Å². The van der Waals surface area contributed by atoms with E-state index in [9.17, 15) is 29.7 Å². The van der Waals surface area contributed by atoms with Gasteiger partial charge in [0.2, 0.25) is 0 Å². The zero-order valence-corrected chi connectivity index (χ0v) is 20.5. The second-order valence-electron chi connectivity index (χ2n) is 10.9. The predicted molar refractivity (Wildman–Crippen MR) is 123 cm³/mol. The molecule has 4 aliphatic carbocycles. The van der Waals surface area contributed by atoms with Crippen molar-refractivity contribution in [2.24, 2.45) is 28.6 Å². The number of carbonyl (C=O) groups excluding carboxylic acids is 3. The minimum Gasteiger partial charge on any atom is -0.465 e. The lowest BCUT2D eigenvalue weighted by atomic mass is 9.46. The van der Waals surface area contributed by atoms with Crippen LogP contribution in [0, 0.1) is 28.6 Å². The SMILES string of the molecule is CCOC(=O)CSCC(=O)C1CCC2(O)C3=CC(=O)C4CC(O)C(O)CC4(C)C3CCC12C. The van der Waals surface area contributed by atoms with E-state index in [1.807, 2.05) is 13.8 Å². The molecule has 0 saturated heterocycles. The van der Waals surface area contributed by atoms with Crippen molar-refractivity contribution in [1.82, 2.24) is 0 Å². The van der Waals surface area contributed by atoms with E-state index in [-0.39, 0.29) is 53.2 Å². The molecule has 0 aromatic rings. The topological polar surface area (TPSA) is 121 Å². The van der Waals surface area contributed by atoms with Crippen LogP contribution in [0.1, 0.15) is 59.3 Å². The molecule has 0 aromatic heterocycles. The Morgan fingerprint density at radius 3 is 2.55 bits per heavy atom. The summed E-state index contributed by atoms with van der Waals surface area (Å²) in [6, 6.07) is 0. The Kier molecular flexibility index (Phi) is 6.62. The van der Waals surface area contributed by atoms with Crippen LogP contribution >= 0.6 is 11.8 Å². The fourth-order valence-corrected chi connectivity index (χ4v) is 8.18. The minimum absolute atomic E-state index is 0.0317. The van der Waals surface area contributed by atoms with Crippen molar-refractivity contribution in [1.29, 1.82) is 0 Å². The van der Waals surface area contributed by atoms with Crippen LogP contribution in [0.2, 0.25) is 0 Å². The van der Waals surface area contributed by atoms with Gasteiger partial charge in [0, 0.05) is 17.3 Å². The molecule has 7 nitrogen and oxygen atoms in total. The third kappa shape index (κ3) is 3.81. The van der Waals surface area contributed by atoms with Crippen molar-refractivity contribution < 1.29 is 34.4 Å². The Morgan fingerprint density at radius 1 is 1.12 bits per heavy atom. The number of Topliss-reactive ketones (excluding diaryl/α,β-unsaturated/α-hetero) is 1. The summed E-state index contributed by atoms with van der Waals surface area (Å²) in [6.07, 6.45) is 2.73. The smallest absolute Gasteiger partial charge is 0.315 e. The number of ether oxygens (including phenoxy) is 1. The molecule has 0 bridgehead atoms.